The average Bonchev–Trinajstić information content (AvgIpc) is 2.57. The Balaban J connectivity index is 2.52. The first-order valence-electron chi connectivity index (χ1n) is 4.95. The third-order valence-corrected chi connectivity index (χ3v) is 4.28. The van der Waals surface area contributed by atoms with Crippen LogP contribution in [-0.4, -0.2) is 17.8 Å². The zero-order chi connectivity index (χ0) is 11.9. The van der Waals surface area contributed by atoms with Crippen LogP contribution < -0.4 is 0 Å². The Labute approximate surface area is 106 Å². The molecule has 0 saturated carbocycles. The van der Waals surface area contributed by atoms with E-state index in [4.69, 9.17) is 16.3 Å². The molecule has 1 aromatic carbocycles. The molecular formula is C11H11BrClFO2. The molecule has 0 aromatic heterocycles. The number of hydrogen-bond donors (Lipinski definition) is 1. The van der Waals surface area contributed by atoms with Crippen LogP contribution in [0.5, 0.6) is 0 Å². The van der Waals surface area contributed by atoms with Crippen LogP contribution >= 0.6 is 27.5 Å². The van der Waals surface area contributed by atoms with Crippen molar-refractivity contribution in [1.29, 1.82) is 0 Å². The molecule has 2 nitrogen and oxygen atoms in total. The standard InChI is InChI=1S/C11H11BrClFO2/c1-6-11(15,4-5-16-6)7-2-3-8(12)9(13)10(7)14/h2-3,6,15H,4-5H2,1H3. The summed E-state index contributed by atoms with van der Waals surface area (Å²) in [5.74, 6) is -0.587. The molecule has 16 heavy (non-hydrogen) atoms. The van der Waals surface area contributed by atoms with E-state index in [0.29, 0.717) is 17.5 Å². The van der Waals surface area contributed by atoms with Crippen LogP contribution in [0, 0.1) is 5.82 Å². The van der Waals surface area contributed by atoms with E-state index in [1.54, 1.807) is 13.0 Å². The van der Waals surface area contributed by atoms with Gasteiger partial charge in [-0.1, -0.05) is 17.7 Å². The Kier molecular flexibility index (Phi) is 3.27. The topological polar surface area (TPSA) is 29.5 Å². The molecule has 1 aromatic rings. The van der Waals surface area contributed by atoms with Crippen molar-refractivity contribution in [2.75, 3.05) is 6.61 Å². The summed E-state index contributed by atoms with van der Waals surface area (Å²) in [5.41, 5.74) is -1.08. The first-order chi connectivity index (χ1) is 7.47. The quantitative estimate of drug-likeness (QED) is 0.807. The summed E-state index contributed by atoms with van der Waals surface area (Å²) in [7, 11) is 0. The van der Waals surface area contributed by atoms with E-state index in [1.807, 2.05) is 0 Å². The molecule has 2 rings (SSSR count). The smallest absolute Gasteiger partial charge is 0.149 e. The van der Waals surface area contributed by atoms with E-state index in [-0.39, 0.29) is 10.6 Å². The van der Waals surface area contributed by atoms with Gasteiger partial charge in [-0.3, -0.25) is 0 Å². The summed E-state index contributed by atoms with van der Waals surface area (Å²) in [6.07, 6.45) is -0.0532. The van der Waals surface area contributed by atoms with Crippen LogP contribution in [-0.2, 0) is 10.3 Å². The van der Waals surface area contributed by atoms with E-state index in [0.717, 1.165) is 0 Å². The molecule has 88 valence electrons. The molecule has 1 aliphatic rings. The van der Waals surface area contributed by atoms with E-state index < -0.39 is 17.5 Å². The second-order valence-corrected chi connectivity index (χ2v) is 5.14. The van der Waals surface area contributed by atoms with E-state index in [9.17, 15) is 9.50 Å². The predicted molar refractivity (Wildman–Crippen MR) is 63.0 cm³/mol. The SMILES string of the molecule is CC1OCCC1(O)c1ccc(Br)c(Cl)c1F. The van der Waals surface area contributed by atoms with Gasteiger partial charge in [0.1, 0.15) is 11.4 Å². The molecule has 0 spiro atoms. The third-order valence-electron chi connectivity index (χ3n) is 3.03. The van der Waals surface area contributed by atoms with Crippen molar-refractivity contribution in [2.24, 2.45) is 0 Å². The van der Waals surface area contributed by atoms with Crippen LogP contribution in [0.25, 0.3) is 0 Å². The molecule has 0 amide bonds. The first kappa shape index (κ1) is 12.3. The number of aliphatic hydroxyl groups is 1. The largest absolute Gasteiger partial charge is 0.382 e. The minimum absolute atomic E-state index is 0.00924. The molecule has 0 radical (unpaired) electrons. The Morgan fingerprint density at radius 1 is 1.62 bits per heavy atom. The number of rotatable bonds is 1. The van der Waals surface area contributed by atoms with Crippen LogP contribution in [0.1, 0.15) is 18.9 Å². The summed E-state index contributed by atoms with van der Waals surface area (Å²) in [4.78, 5) is 0. The first-order valence-corrected chi connectivity index (χ1v) is 6.12. The maximum atomic E-state index is 14.0. The van der Waals surface area contributed by atoms with Crippen LogP contribution in [0.3, 0.4) is 0 Å². The highest BCUT2D eigenvalue weighted by atomic mass is 79.9. The number of benzene rings is 1. The Morgan fingerprint density at radius 3 is 2.88 bits per heavy atom. The fourth-order valence-electron chi connectivity index (χ4n) is 1.95. The highest BCUT2D eigenvalue weighted by Gasteiger charge is 2.43. The number of hydrogen-bond acceptors (Lipinski definition) is 2. The predicted octanol–water partition coefficient (Wildman–Crippen LogP) is 3.24. The third kappa shape index (κ3) is 1.78. The number of ether oxygens (including phenoxy) is 1. The van der Waals surface area contributed by atoms with Crippen molar-refractivity contribution < 1.29 is 14.2 Å². The summed E-state index contributed by atoms with van der Waals surface area (Å²) in [6, 6.07) is 3.17. The molecule has 1 fully saturated rings. The van der Waals surface area contributed by atoms with Gasteiger partial charge in [0.2, 0.25) is 0 Å². The van der Waals surface area contributed by atoms with Crippen molar-refractivity contribution in [3.63, 3.8) is 0 Å². The Hall–Kier alpha value is -0.160. The zero-order valence-electron chi connectivity index (χ0n) is 8.64. The van der Waals surface area contributed by atoms with Crippen LogP contribution in [0.4, 0.5) is 4.39 Å². The van der Waals surface area contributed by atoms with Gasteiger partial charge in [-0.15, -0.1) is 0 Å². The van der Waals surface area contributed by atoms with Gasteiger partial charge in [0.15, 0.2) is 0 Å². The summed E-state index contributed by atoms with van der Waals surface area (Å²) < 4.78 is 19.7. The van der Waals surface area contributed by atoms with Crippen molar-refractivity contribution in [3.05, 3.63) is 33.0 Å². The van der Waals surface area contributed by atoms with Crippen LogP contribution in [0.2, 0.25) is 5.02 Å². The van der Waals surface area contributed by atoms with Crippen molar-refractivity contribution in [3.8, 4) is 0 Å². The fourth-order valence-corrected chi connectivity index (χ4v) is 2.42. The van der Waals surface area contributed by atoms with E-state index >= 15 is 0 Å². The van der Waals surface area contributed by atoms with Crippen molar-refractivity contribution in [1.82, 2.24) is 0 Å². The van der Waals surface area contributed by atoms with E-state index in [2.05, 4.69) is 15.9 Å². The second-order valence-electron chi connectivity index (χ2n) is 3.91. The zero-order valence-corrected chi connectivity index (χ0v) is 11.0. The van der Waals surface area contributed by atoms with Gasteiger partial charge in [0, 0.05) is 16.5 Å². The Bertz CT molecular complexity index is 427. The lowest BCUT2D eigenvalue weighted by atomic mass is 9.87. The van der Waals surface area contributed by atoms with Crippen LogP contribution in [0.15, 0.2) is 16.6 Å². The molecule has 0 bridgehead atoms. The van der Waals surface area contributed by atoms with Crippen molar-refractivity contribution >= 4 is 27.5 Å². The molecule has 1 aliphatic heterocycles. The van der Waals surface area contributed by atoms with Gasteiger partial charge in [0.25, 0.3) is 0 Å². The lowest BCUT2D eigenvalue weighted by molar-refractivity contribution is -0.0340. The molecule has 1 heterocycles. The maximum Gasteiger partial charge on any atom is 0.149 e. The molecule has 2 atom stereocenters. The molecular weight excluding hydrogens is 298 g/mol. The highest BCUT2D eigenvalue weighted by molar-refractivity contribution is 9.10. The summed E-state index contributed by atoms with van der Waals surface area (Å²) >= 11 is 8.93. The second kappa shape index (κ2) is 4.26. The monoisotopic (exact) mass is 308 g/mol. The lowest BCUT2D eigenvalue weighted by Gasteiger charge is -2.27. The number of halogens is 3. The average molecular weight is 310 g/mol. The molecule has 0 aliphatic carbocycles. The van der Waals surface area contributed by atoms with Gasteiger partial charge in [-0.25, -0.2) is 4.39 Å². The fraction of sp³-hybridized carbons (Fsp3) is 0.455. The minimum atomic E-state index is -1.28. The van der Waals surface area contributed by atoms with Gasteiger partial charge in [-0.05, 0) is 28.9 Å². The van der Waals surface area contributed by atoms with Gasteiger partial charge < -0.3 is 9.84 Å². The summed E-state index contributed by atoms with van der Waals surface area (Å²) in [6.45, 7) is 2.15. The maximum absolute atomic E-state index is 14.0. The van der Waals surface area contributed by atoms with Crippen molar-refractivity contribution in [2.45, 2.75) is 25.0 Å². The summed E-state index contributed by atoms with van der Waals surface area (Å²) in [5, 5.41) is 10.4. The van der Waals surface area contributed by atoms with Gasteiger partial charge >= 0.3 is 0 Å². The molecule has 5 heteroatoms. The van der Waals surface area contributed by atoms with Gasteiger partial charge in [0.05, 0.1) is 17.7 Å². The molecule has 1 N–H and O–H groups in total. The Morgan fingerprint density at radius 2 is 2.31 bits per heavy atom. The van der Waals surface area contributed by atoms with Gasteiger partial charge in [-0.2, -0.15) is 0 Å². The minimum Gasteiger partial charge on any atom is -0.382 e. The van der Waals surface area contributed by atoms with E-state index in [1.165, 1.54) is 6.07 Å². The molecule has 1 saturated heterocycles. The normalized spacial score (nSPS) is 29.7. The lowest BCUT2D eigenvalue weighted by Crippen LogP contribution is -2.34. The highest BCUT2D eigenvalue weighted by Crippen LogP contribution is 2.40. The molecule has 2 unspecified atom stereocenters.